The second-order valence-corrected chi connectivity index (χ2v) is 7.14. The number of nitrogens with zero attached hydrogens (tertiary/aromatic N) is 1. The Morgan fingerprint density at radius 2 is 1.82 bits per heavy atom. The minimum Gasteiger partial charge on any atom is -0.317 e. The minimum atomic E-state index is -4.94. The molecule has 1 aliphatic rings. The highest BCUT2D eigenvalue weighted by Gasteiger charge is 2.36. The van der Waals surface area contributed by atoms with Gasteiger partial charge in [0.15, 0.2) is 0 Å². The molecule has 1 saturated heterocycles. The lowest BCUT2D eigenvalue weighted by Crippen LogP contribution is -2.43. The van der Waals surface area contributed by atoms with E-state index in [0.717, 1.165) is 10.4 Å². The van der Waals surface area contributed by atoms with Gasteiger partial charge in [0.05, 0.1) is 10.5 Å². The first-order valence-electron chi connectivity index (χ1n) is 6.69. The highest BCUT2D eigenvalue weighted by atomic mass is 32.2. The van der Waals surface area contributed by atoms with Gasteiger partial charge in [-0.25, -0.2) is 12.8 Å². The minimum absolute atomic E-state index is 0.286. The normalized spacial score (nSPS) is 17.9. The topological polar surface area (TPSA) is 49.4 Å². The highest BCUT2D eigenvalue weighted by Crippen LogP contribution is 2.33. The summed E-state index contributed by atoms with van der Waals surface area (Å²) in [5.74, 6) is -1.49. The van der Waals surface area contributed by atoms with Crippen LogP contribution in [-0.2, 0) is 16.2 Å². The number of benzene rings is 1. The van der Waals surface area contributed by atoms with Gasteiger partial charge in [-0.2, -0.15) is 17.5 Å². The van der Waals surface area contributed by atoms with Crippen molar-refractivity contribution in [3.8, 4) is 0 Å². The average Bonchev–Trinajstić information content (AvgIpc) is 2.46. The molecule has 0 unspecified atom stereocenters. The van der Waals surface area contributed by atoms with Crippen LogP contribution >= 0.6 is 0 Å². The van der Waals surface area contributed by atoms with E-state index in [0.29, 0.717) is 38.1 Å². The second kappa shape index (κ2) is 6.13. The molecule has 0 amide bonds. The van der Waals surface area contributed by atoms with Crippen LogP contribution < -0.4 is 5.32 Å². The van der Waals surface area contributed by atoms with Crippen LogP contribution in [0.15, 0.2) is 23.1 Å². The summed E-state index contributed by atoms with van der Waals surface area (Å²) in [6, 6.07) is 1.46. The van der Waals surface area contributed by atoms with E-state index in [1.165, 1.54) is 7.05 Å². The third kappa shape index (κ3) is 3.41. The van der Waals surface area contributed by atoms with Crippen LogP contribution in [0.1, 0.15) is 18.4 Å². The summed E-state index contributed by atoms with van der Waals surface area (Å²) in [4.78, 5) is -0.553. The van der Waals surface area contributed by atoms with Crippen LogP contribution in [0.2, 0.25) is 0 Å². The predicted molar refractivity (Wildman–Crippen MR) is 72.2 cm³/mol. The number of sulfonamides is 1. The number of halogens is 4. The predicted octanol–water partition coefficient (Wildman–Crippen LogP) is 2.22. The lowest BCUT2D eigenvalue weighted by atomic mass is 10.1. The summed E-state index contributed by atoms with van der Waals surface area (Å²) in [7, 11) is -2.76. The zero-order valence-electron chi connectivity index (χ0n) is 11.8. The number of hydrogen-bond donors (Lipinski definition) is 1. The standard InChI is InChI=1S/C13H16F4N2O2S/c1-19(9-4-6-18-7-5-9)22(20,21)10-2-3-12(14)11(8-10)13(15,16)17/h2-3,8-9,18H,4-7H2,1H3. The Morgan fingerprint density at radius 3 is 2.36 bits per heavy atom. The van der Waals surface area contributed by atoms with E-state index in [1.807, 2.05) is 0 Å². The van der Waals surface area contributed by atoms with Crippen molar-refractivity contribution in [2.75, 3.05) is 20.1 Å². The Balaban J connectivity index is 2.37. The van der Waals surface area contributed by atoms with E-state index in [-0.39, 0.29) is 6.04 Å². The van der Waals surface area contributed by atoms with Gasteiger partial charge in [0, 0.05) is 13.1 Å². The van der Waals surface area contributed by atoms with Gasteiger partial charge in [0.2, 0.25) is 10.0 Å². The smallest absolute Gasteiger partial charge is 0.317 e. The van der Waals surface area contributed by atoms with Crippen LogP contribution in [0, 0.1) is 5.82 Å². The van der Waals surface area contributed by atoms with Gasteiger partial charge in [-0.1, -0.05) is 0 Å². The van der Waals surface area contributed by atoms with Crippen molar-refractivity contribution < 1.29 is 26.0 Å². The van der Waals surface area contributed by atoms with Crippen molar-refractivity contribution in [1.29, 1.82) is 0 Å². The molecule has 1 aliphatic heterocycles. The molecule has 0 bridgehead atoms. The van der Waals surface area contributed by atoms with E-state index in [2.05, 4.69) is 5.32 Å². The maximum Gasteiger partial charge on any atom is 0.419 e. The molecule has 0 radical (unpaired) electrons. The molecule has 2 rings (SSSR count). The van der Waals surface area contributed by atoms with Gasteiger partial charge in [0.25, 0.3) is 0 Å². The van der Waals surface area contributed by atoms with Crippen molar-refractivity contribution in [1.82, 2.24) is 9.62 Å². The molecule has 9 heteroatoms. The summed E-state index contributed by atoms with van der Waals surface area (Å²) in [5, 5.41) is 3.08. The number of hydrogen-bond acceptors (Lipinski definition) is 3. The van der Waals surface area contributed by atoms with Gasteiger partial charge < -0.3 is 5.32 Å². The molecule has 1 aromatic rings. The lowest BCUT2D eigenvalue weighted by Gasteiger charge is -2.31. The number of piperidine rings is 1. The van der Waals surface area contributed by atoms with Crippen LogP contribution in [0.3, 0.4) is 0 Å². The first kappa shape index (κ1) is 17.2. The fourth-order valence-corrected chi connectivity index (χ4v) is 3.86. The van der Waals surface area contributed by atoms with Gasteiger partial charge in [-0.15, -0.1) is 0 Å². The first-order chi connectivity index (χ1) is 10.1. The summed E-state index contributed by atoms with van der Waals surface area (Å²) in [6.07, 6.45) is -3.80. The molecule has 0 atom stereocenters. The summed E-state index contributed by atoms with van der Waals surface area (Å²) in [6.45, 7) is 1.28. The fraction of sp³-hybridized carbons (Fsp3) is 0.538. The SMILES string of the molecule is CN(C1CCNCC1)S(=O)(=O)c1ccc(F)c(C(F)(F)F)c1. The zero-order chi connectivity index (χ0) is 16.5. The highest BCUT2D eigenvalue weighted by molar-refractivity contribution is 7.89. The maximum absolute atomic E-state index is 13.3. The maximum atomic E-state index is 13.3. The molecule has 0 saturated carbocycles. The quantitative estimate of drug-likeness (QED) is 0.859. The van der Waals surface area contributed by atoms with Crippen LogP contribution in [0.4, 0.5) is 17.6 Å². The van der Waals surface area contributed by atoms with Gasteiger partial charge in [0.1, 0.15) is 5.82 Å². The Morgan fingerprint density at radius 1 is 1.23 bits per heavy atom. The first-order valence-corrected chi connectivity index (χ1v) is 8.13. The van der Waals surface area contributed by atoms with E-state index in [4.69, 9.17) is 0 Å². The summed E-state index contributed by atoms with van der Waals surface area (Å²) < 4.78 is 77.4. The van der Waals surface area contributed by atoms with E-state index < -0.39 is 32.5 Å². The monoisotopic (exact) mass is 340 g/mol. The lowest BCUT2D eigenvalue weighted by molar-refractivity contribution is -0.140. The molecule has 0 aliphatic carbocycles. The average molecular weight is 340 g/mol. The molecule has 4 nitrogen and oxygen atoms in total. The molecule has 1 heterocycles. The third-order valence-electron chi connectivity index (χ3n) is 3.74. The van der Waals surface area contributed by atoms with Crippen molar-refractivity contribution in [2.45, 2.75) is 30.0 Å². The molecule has 0 spiro atoms. The Hall–Kier alpha value is -1.19. The molecule has 1 fully saturated rings. The molecular formula is C13H16F4N2O2S. The Bertz CT molecular complexity index is 640. The van der Waals surface area contributed by atoms with Crippen molar-refractivity contribution in [3.63, 3.8) is 0 Å². The van der Waals surface area contributed by atoms with Crippen LogP contribution in [0.5, 0.6) is 0 Å². The molecular weight excluding hydrogens is 324 g/mol. The summed E-state index contributed by atoms with van der Waals surface area (Å²) in [5.41, 5.74) is -1.58. The fourth-order valence-electron chi connectivity index (χ4n) is 2.41. The van der Waals surface area contributed by atoms with Gasteiger partial charge >= 0.3 is 6.18 Å². The molecule has 1 aromatic carbocycles. The van der Waals surface area contributed by atoms with Crippen molar-refractivity contribution >= 4 is 10.0 Å². The molecule has 1 N–H and O–H groups in total. The van der Waals surface area contributed by atoms with E-state index in [9.17, 15) is 26.0 Å². The van der Waals surface area contributed by atoms with E-state index >= 15 is 0 Å². The largest absolute Gasteiger partial charge is 0.419 e. The third-order valence-corrected chi connectivity index (χ3v) is 5.65. The Labute approximate surface area is 126 Å². The molecule has 124 valence electrons. The second-order valence-electron chi connectivity index (χ2n) is 5.14. The molecule has 22 heavy (non-hydrogen) atoms. The number of rotatable bonds is 3. The van der Waals surface area contributed by atoms with Crippen LogP contribution in [-0.4, -0.2) is 38.9 Å². The number of nitrogens with one attached hydrogen (secondary N) is 1. The van der Waals surface area contributed by atoms with Gasteiger partial charge in [-0.05, 0) is 44.1 Å². The number of alkyl halides is 3. The van der Waals surface area contributed by atoms with Gasteiger partial charge in [-0.3, -0.25) is 0 Å². The van der Waals surface area contributed by atoms with E-state index in [1.54, 1.807) is 0 Å². The van der Waals surface area contributed by atoms with Crippen molar-refractivity contribution in [2.24, 2.45) is 0 Å². The van der Waals surface area contributed by atoms with Crippen molar-refractivity contribution in [3.05, 3.63) is 29.6 Å². The summed E-state index contributed by atoms with van der Waals surface area (Å²) >= 11 is 0. The molecule has 0 aromatic heterocycles. The van der Waals surface area contributed by atoms with Crippen LogP contribution in [0.25, 0.3) is 0 Å². The zero-order valence-corrected chi connectivity index (χ0v) is 12.6. The Kier molecular flexibility index (Phi) is 4.78.